The van der Waals surface area contributed by atoms with Crippen molar-refractivity contribution in [1.82, 2.24) is 9.38 Å². The Bertz CT molecular complexity index is 349. The molecule has 0 atom stereocenters. The van der Waals surface area contributed by atoms with Gasteiger partial charge >= 0.3 is 0 Å². The van der Waals surface area contributed by atoms with Crippen LogP contribution >= 0.6 is 0 Å². The molecule has 0 aliphatic rings. The van der Waals surface area contributed by atoms with Gasteiger partial charge in [-0.2, -0.15) is 0 Å². The van der Waals surface area contributed by atoms with Crippen molar-refractivity contribution in [1.29, 1.82) is 0 Å². The highest BCUT2D eigenvalue weighted by molar-refractivity contribution is 5.51. The minimum atomic E-state index is 1.18. The lowest BCUT2D eigenvalue weighted by Crippen LogP contribution is -1.81. The van der Waals surface area contributed by atoms with Crippen LogP contribution in [0.2, 0.25) is 0 Å². The monoisotopic (exact) mass is 132 g/mol. The van der Waals surface area contributed by atoms with Crippen LogP contribution in [-0.2, 0) is 0 Å². The number of hydrogen-bond donors (Lipinski definition) is 0. The molecule has 0 aliphatic heterocycles. The van der Waals surface area contributed by atoms with Gasteiger partial charge < -0.3 is 4.40 Å². The predicted molar refractivity (Wildman–Crippen MR) is 39.9 cm³/mol. The Morgan fingerprint density at radius 2 is 2.40 bits per heavy atom. The fourth-order valence-electron chi connectivity index (χ4n) is 1.09. The van der Waals surface area contributed by atoms with Crippen molar-refractivity contribution >= 4 is 5.52 Å². The Hall–Kier alpha value is -1.31. The number of imidazole rings is 1. The molecule has 0 aromatic carbocycles. The van der Waals surface area contributed by atoms with Crippen LogP contribution in [0.5, 0.6) is 0 Å². The lowest BCUT2D eigenvalue weighted by atomic mass is 10.3. The lowest BCUT2D eigenvalue weighted by molar-refractivity contribution is 1.14. The molecule has 0 fully saturated rings. The quantitative estimate of drug-likeness (QED) is 0.532. The molecule has 10 heavy (non-hydrogen) atoms. The van der Waals surface area contributed by atoms with E-state index in [0.29, 0.717) is 0 Å². The van der Waals surface area contributed by atoms with Crippen molar-refractivity contribution in [2.45, 2.75) is 6.92 Å². The molecule has 2 aromatic rings. The van der Waals surface area contributed by atoms with Gasteiger partial charge in [-0.25, -0.2) is 4.98 Å². The van der Waals surface area contributed by atoms with Crippen LogP contribution < -0.4 is 0 Å². The second-order valence-corrected chi connectivity index (χ2v) is 2.38. The van der Waals surface area contributed by atoms with E-state index in [1.807, 2.05) is 29.2 Å². The third kappa shape index (κ3) is 0.620. The molecule has 2 heterocycles. The maximum atomic E-state index is 4.03. The number of hydrogen-bond acceptors (Lipinski definition) is 1. The molecule has 0 saturated heterocycles. The molecular weight excluding hydrogens is 124 g/mol. The Balaban J connectivity index is 2.95. The van der Waals surface area contributed by atoms with Gasteiger partial charge in [0.05, 0.1) is 18.0 Å². The van der Waals surface area contributed by atoms with Gasteiger partial charge in [0.1, 0.15) is 0 Å². The first-order valence-electron chi connectivity index (χ1n) is 3.25. The van der Waals surface area contributed by atoms with Crippen LogP contribution in [0.15, 0.2) is 30.9 Å². The summed E-state index contributed by atoms with van der Waals surface area (Å²) in [6.07, 6.45) is 5.67. The average molecular weight is 132 g/mol. The van der Waals surface area contributed by atoms with E-state index in [-0.39, 0.29) is 0 Å². The minimum absolute atomic E-state index is 1.18. The van der Waals surface area contributed by atoms with E-state index in [1.165, 1.54) is 11.1 Å². The summed E-state index contributed by atoms with van der Waals surface area (Å²) < 4.78 is 2.01. The Labute approximate surface area is 59.1 Å². The van der Waals surface area contributed by atoms with Crippen molar-refractivity contribution in [2.75, 3.05) is 0 Å². The van der Waals surface area contributed by atoms with Crippen LogP contribution in [0.3, 0.4) is 0 Å². The van der Waals surface area contributed by atoms with E-state index < -0.39 is 0 Å². The molecule has 0 amide bonds. The predicted octanol–water partition coefficient (Wildman–Crippen LogP) is 1.64. The van der Waals surface area contributed by atoms with Gasteiger partial charge in [-0.05, 0) is 18.6 Å². The van der Waals surface area contributed by atoms with E-state index >= 15 is 0 Å². The highest BCUT2D eigenvalue weighted by Gasteiger charge is 1.92. The van der Waals surface area contributed by atoms with Gasteiger partial charge in [-0.1, -0.05) is 6.07 Å². The molecule has 0 spiro atoms. The highest BCUT2D eigenvalue weighted by Crippen LogP contribution is 2.06. The highest BCUT2D eigenvalue weighted by atomic mass is 15.0. The summed E-state index contributed by atoms with van der Waals surface area (Å²) in [6, 6.07) is 4.10. The van der Waals surface area contributed by atoms with Crippen molar-refractivity contribution in [3.8, 4) is 0 Å². The second kappa shape index (κ2) is 1.84. The van der Waals surface area contributed by atoms with Gasteiger partial charge in [0, 0.05) is 6.20 Å². The molecule has 2 heteroatoms. The summed E-state index contributed by atoms with van der Waals surface area (Å²) in [6.45, 7) is 2.08. The zero-order chi connectivity index (χ0) is 6.97. The molecule has 0 aliphatic carbocycles. The number of pyridine rings is 1. The fourth-order valence-corrected chi connectivity index (χ4v) is 1.09. The second-order valence-electron chi connectivity index (χ2n) is 2.38. The summed E-state index contributed by atoms with van der Waals surface area (Å²) in [4.78, 5) is 4.03. The molecular formula is C8H8N2. The van der Waals surface area contributed by atoms with E-state index in [2.05, 4.69) is 18.0 Å². The molecule has 0 N–H and O–H groups in total. The lowest BCUT2D eigenvalue weighted by Gasteiger charge is -1.94. The molecule has 0 bridgehead atoms. The van der Waals surface area contributed by atoms with Gasteiger partial charge in [-0.3, -0.25) is 0 Å². The number of aromatic nitrogens is 2. The third-order valence-corrected chi connectivity index (χ3v) is 1.66. The first kappa shape index (κ1) is 5.47. The first-order valence-corrected chi connectivity index (χ1v) is 3.25. The minimum Gasteiger partial charge on any atom is -0.306 e. The van der Waals surface area contributed by atoms with Crippen LogP contribution in [0.25, 0.3) is 5.52 Å². The van der Waals surface area contributed by atoms with Gasteiger partial charge in [-0.15, -0.1) is 0 Å². The summed E-state index contributed by atoms with van der Waals surface area (Å²) in [5.41, 5.74) is 2.45. The van der Waals surface area contributed by atoms with E-state index in [1.54, 1.807) is 0 Å². The Morgan fingerprint density at radius 3 is 3.20 bits per heavy atom. The maximum Gasteiger partial charge on any atom is 0.0992 e. The molecule has 2 nitrogen and oxygen atoms in total. The van der Waals surface area contributed by atoms with Crippen LogP contribution in [0.4, 0.5) is 0 Å². The summed E-state index contributed by atoms with van der Waals surface area (Å²) in [7, 11) is 0. The Kier molecular flexibility index (Phi) is 1.01. The largest absolute Gasteiger partial charge is 0.306 e. The van der Waals surface area contributed by atoms with E-state index in [4.69, 9.17) is 0 Å². The van der Waals surface area contributed by atoms with E-state index in [0.717, 1.165) is 0 Å². The first-order chi connectivity index (χ1) is 4.88. The van der Waals surface area contributed by atoms with E-state index in [9.17, 15) is 0 Å². The molecule has 0 saturated carbocycles. The van der Waals surface area contributed by atoms with Crippen LogP contribution in [-0.4, -0.2) is 9.38 Å². The summed E-state index contributed by atoms with van der Waals surface area (Å²) >= 11 is 0. The normalized spacial score (nSPS) is 10.5. The summed E-state index contributed by atoms with van der Waals surface area (Å²) in [5.74, 6) is 0. The van der Waals surface area contributed by atoms with Crippen molar-refractivity contribution in [3.05, 3.63) is 36.4 Å². The van der Waals surface area contributed by atoms with Crippen molar-refractivity contribution < 1.29 is 0 Å². The summed E-state index contributed by atoms with van der Waals surface area (Å²) in [5, 5.41) is 0. The zero-order valence-electron chi connectivity index (χ0n) is 5.78. The smallest absolute Gasteiger partial charge is 0.0992 e. The molecule has 0 unspecified atom stereocenters. The van der Waals surface area contributed by atoms with Crippen LogP contribution in [0, 0.1) is 6.92 Å². The number of nitrogens with zero attached hydrogens (tertiary/aromatic N) is 2. The van der Waals surface area contributed by atoms with Crippen LogP contribution in [0.1, 0.15) is 5.56 Å². The third-order valence-electron chi connectivity index (χ3n) is 1.66. The number of aryl methyl sites for hydroxylation is 1. The maximum absolute atomic E-state index is 4.03. The molecule has 50 valence electrons. The van der Waals surface area contributed by atoms with Crippen molar-refractivity contribution in [2.24, 2.45) is 0 Å². The number of fused-ring (bicyclic) bond motifs is 1. The molecule has 2 rings (SSSR count). The zero-order valence-corrected chi connectivity index (χ0v) is 5.78. The standard InChI is InChI=1S/C8H8N2/c1-7-3-2-4-10-6-9-5-8(7)10/h2-6H,1H3. The molecule has 0 radical (unpaired) electrons. The van der Waals surface area contributed by atoms with Gasteiger partial charge in [0.15, 0.2) is 0 Å². The number of rotatable bonds is 0. The van der Waals surface area contributed by atoms with Gasteiger partial charge in [0.2, 0.25) is 0 Å². The SMILES string of the molecule is Cc1cccn2cncc12. The molecule has 2 aromatic heterocycles. The van der Waals surface area contributed by atoms with Crippen molar-refractivity contribution in [3.63, 3.8) is 0 Å². The Morgan fingerprint density at radius 1 is 1.50 bits per heavy atom. The average Bonchev–Trinajstić information content (AvgIpc) is 2.36. The topological polar surface area (TPSA) is 17.3 Å². The fraction of sp³-hybridized carbons (Fsp3) is 0.125. The van der Waals surface area contributed by atoms with Gasteiger partial charge in [0.25, 0.3) is 0 Å².